The van der Waals surface area contributed by atoms with Crippen molar-refractivity contribution in [3.05, 3.63) is 29.8 Å². The summed E-state index contributed by atoms with van der Waals surface area (Å²) < 4.78 is 25.8. The fourth-order valence-electron chi connectivity index (χ4n) is 0.654. The van der Waals surface area contributed by atoms with Gasteiger partial charge in [-0.3, -0.25) is 0 Å². The smallest absolute Gasteiger partial charge is 0.172 e. The minimum Gasteiger partial charge on any atom is -0.204 e. The molecule has 60 valence electrons. The number of halogens is 3. The molecule has 0 aliphatic carbocycles. The Balaban J connectivity index is 2.96. The Hall–Kier alpha value is -0.0900. The van der Waals surface area contributed by atoms with Crippen molar-refractivity contribution in [2.24, 2.45) is 0 Å². The molecule has 0 amide bonds. The number of benzene rings is 1. The van der Waals surface area contributed by atoms with Crippen LogP contribution in [0.1, 0.15) is 0 Å². The quantitative estimate of drug-likeness (QED) is 0.563. The van der Waals surface area contributed by atoms with Crippen LogP contribution >= 0.6 is 27.7 Å². The van der Waals surface area contributed by atoms with E-state index in [1.54, 1.807) is 6.07 Å². The average Bonchev–Trinajstić information content (AvgIpc) is 1.99. The van der Waals surface area contributed by atoms with Gasteiger partial charge >= 0.3 is 0 Å². The normalized spacial score (nSPS) is 10.1. The van der Waals surface area contributed by atoms with Gasteiger partial charge in [-0.25, -0.2) is 8.78 Å². The molecule has 0 N–H and O–H groups in total. The van der Waals surface area contributed by atoms with Crippen LogP contribution in [-0.4, -0.2) is 4.66 Å². The third-order valence-electron chi connectivity index (χ3n) is 1.13. The number of alkyl halides is 1. The zero-order valence-corrected chi connectivity index (χ0v) is 7.88. The monoisotopic (exact) mass is 238 g/mol. The molecule has 0 heterocycles. The van der Waals surface area contributed by atoms with Gasteiger partial charge in [0.15, 0.2) is 11.6 Å². The first-order valence-electron chi connectivity index (χ1n) is 2.88. The van der Waals surface area contributed by atoms with Gasteiger partial charge in [-0.15, -0.1) is 11.8 Å². The molecule has 4 heteroatoms. The van der Waals surface area contributed by atoms with Crippen LogP contribution in [0.5, 0.6) is 0 Å². The van der Waals surface area contributed by atoms with Crippen LogP contribution in [0, 0.1) is 11.6 Å². The molecule has 0 aromatic heterocycles. The maximum Gasteiger partial charge on any atom is 0.172 e. The first kappa shape index (κ1) is 9.00. The van der Waals surface area contributed by atoms with E-state index in [0.717, 1.165) is 6.07 Å². The average molecular weight is 239 g/mol. The van der Waals surface area contributed by atoms with Crippen molar-refractivity contribution in [2.45, 2.75) is 4.90 Å². The number of rotatable bonds is 2. The molecular weight excluding hydrogens is 234 g/mol. The van der Waals surface area contributed by atoms with E-state index in [4.69, 9.17) is 0 Å². The zero-order chi connectivity index (χ0) is 8.27. The minimum atomic E-state index is -0.795. The Morgan fingerprint density at radius 3 is 2.73 bits per heavy atom. The van der Waals surface area contributed by atoms with E-state index >= 15 is 0 Å². The molecule has 0 unspecified atom stereocenters. The Labute approximate surface area is 76.1 Å². The number of hydrogen-bond donors (Lipinski definition) is 0. The summed E-state index contributed by atoms with van der Waals surface area (Å²) in [5.41, 5.74) is 0. The summed E-state index contributed by atoms with van der Waals surface area (Å²) in [5, 5.41) is 0. The summed E-state index contributed by atoms with van der Waals surface area (Å²) >= 11 is 4.34. The molecule has 0 atom stereocenters. The number of hydrogen-bond acceptors (Lipinski definition) is 1. The van der Waals surface area contributed by atoms with Crippen molar-refractivity contribution < 1.29 is 8.78 Å². The van der Waals surface area contributed by atoms with E-state index in [9.17, 15) is 8.78 Å². The summed E-state index contributed by atoms with van der Waals surface area (Å²) in [5.74, 6) is -1.56. The lowest BCUT2D eigenvalue weighted by molar-refractivity contribution is 0.491. The lowest BCUT2D eigenvalue weighted by Crippen LogP contribution is -1.85. The largest absolute Gasteiger partial charge is 0.204 e. The second-order valence-electron chi connectivity index (χ2n) is 1.81. The molecule has 1 rings (SSSR count). The predicted octanol–water partition coefficient (Wildman–Crippen LogP) is 3.41. The van der Waals surface area contributed by atoms with Crippen molar-refractivity contribution in [3.63, 3.8) is 0 Å². The van der Waals surface area contributed by atoms with Crippen LogP contribution in [0.3, 0.4) is 0 Å². The van der Waals surface area contributed by atoms with Crippen molar-refractivity contribution in [1.82, 2.24) is 0 Å². The Bertz CT molecular complexity index is 252. The molecule has 11 heavy (non-hydrogen) atoms. The highest BCUT2D eigenvalue weighted by molar-refractivity contribution is 9.11. The molecule has 0 nitrogen and oxygen atoms in total. The third kappa shape index (κ3) is 2.17. The molecule has 0 saturated heterocycles. The Morgan fingerprint density at radius 2 is 2.09 bits per heavy atom. The van der Waals surface area contributed by atoms with Crippen molar-refractivity contribution in [2.75, 3.05) is 4.66 Å². The van der Waals surface area contributed by atoms with Gasteiger partial charge in [-0.1, -0.05) is 22.0 Å². The van der Waals surface area contributed by atoms with Crippen LogP contribution in [0.15, 0.2) is 23.1 Å². The first-order valence-corrected chi connectivity index (χ1v) is 4.99. The fraction of sp³-hybridized carbons (Fsp3) is 0.143. The molecule has 0 bridgehead atoms. The molecule has 0 aliphatic rings. The van der Waals surface area contributed by atoms with Gasteiger partial charge in [0.1, 0.15) is 0 Å². The van der Waals surface area contributed by atoms with Gasteiger partial charge in [0.2, 0.25) is 0 Å². The van der Waals surface area contributed by atoms with Crippen LogP contribution in [0.4, 0.5) is 8.78 Å². The topological polar surface area (TPSA) is 0 Å². The van der Waals surface area contributed by atoms with Crippen molar-refractivity contribution in [3.8, 4) is 0 Å². The lowest BCUT2D eigenvalue weighted by Gasteiger charge is -1.99. The highest BCUT2D eigenvalue weighted by Crippen LogP contribution is 2.24. The molecule has 1 aromatic carbocycles. The fourth-order valence-corrected chi connectivity index (χ4v) is 1.91. The summed E-state index contributed by atoms with van der Waals surface area (Å²) in [4.78, 5) is 0.335. The SMILES string of the molecule is Fc1cccc(SCBr)c1F. The molecule has 0 aliphatic heterocycles. The van der Waals surface area contributed by atoms with Crippen LogP contribution < -0.4 is 0 Å². The molecule has 0 saturated carbocycles. The zero-order valence-electron chi connectivity index (χ0n) is 5.48. The molecule has 1 aromatic rings. The van der Waals surface area contributed by atoms with Crippen molar-refractivity contribution >= 4 is 27.7 Å². The van der Waals surface area contributed by atoms with Gasteiger partial charge < -0.3 is 0 Å². The summed E-state index contributed by atoms with van der Waals surface area (Å²) in [6.07, 6.45) is 0. The van der Waals surface area contributed by atoms with E-state index in [1.165, 1.54) is 17.8 Å². The highest BCUT2D eigenvalue weighted by Gasteiger charge is 2.06. The molecule has 0 spiro atoms. The standard InChI is InChI=1S/C7H5BrF2S/c8-4-11-6-3-1-2-5(9)7(6)10/h1-3H,4H2. The summed E-state index contributed by atoms with van der Waals surface area (Å²) in [7, 11) is 0. The maximum atomic E-state index is 12.8. The molecule has 0 radical (unpaired) electrons. The van der Waals surface area contributed by atoms with E-state index in [-0.39, 0.29) is 0 Å². The maximum absolute atomic E-state index is 12.8. The summed E-state index contributed by atoms with van der Waals surface area (Å²) in [6.45, 7) is 0. The van der Waals surface area contributed by atoms with E-state index in [0.29, 0.717) is 9.56 Å². The van der Waals surface area contributed by atoms with Gasteiger partial charge in [0, 0.05) is 4.90 Å². The minimum absolute atomic E-state index is 0.335. The van der Waals surface area contributed by atoms with E-state index < -0.39 is 11.6 Å². The Kier molecular flexibility index (Phi) is 3.33. The van der Waals surface area contributed by atoms with Gasteiger partial charge in [0.25, 0.3) is 0 Å². The second-order valence-corrected chi connectivity index (χ2v) is 4.13. The van der Waals surface area contributed by atoms with Gasteiger partial charge in [-0.2, -0.15) is 0 Å². The molecular formula is C7H5BrF2S. The van der Waals surface area contributed by atoms with Crippen LogP contribution in [0.25, 0.3) is 0 Å². The van der Waals surface area contributed by atoms with E-state index in [1.807, 2.05) is 0 Å². The lowest BCUT2D eigenvalue weighted by atomic mass is 10.3. The van der Waals surface area contributed by atoms with Gasteiger partial charge in [0.05, 0.1) is 4.66 Å². The Morgan fingerprint density at radius 1 is 1.36 bits per heavy atom. The van der Waals surface area contributed by atoms with Crippen molar-refractivity contribution in [1.29, 1.82) is 0 Å². The van der Waals surface area contributed by atoms with E-state index in [2.05, 4.69) is 15.9 Å². The predicted molar refractivity (Wildman–Crippen MR) is 46.0 cm³/mol. The first-order chi connectivity index (χ1) is 5.25. The highest BCUT2D eigenvalue weighted by atomic mass is 79.9. The van der Waals surface area contributed by atoms with Crippen LogP contribution in [-0.2, 0) is 0 Å². The van der Waals surface area contributed by atoms with Crippen LogP contribution in [0.2, 0.25) is 0 Å². The van der Waals surface area contributed by atoms with Gasteiger partial charge in [-0.05, 0) is 12.1 Å². The molecule has 0 fully saturated rings. The summed E-state index contributed by atoms with van der Waals surface area (Å²) in [6, 6.07) is 4.14. The number of thioether (sulfide) groups is 1. The third-order valence-corrected chi connectivity index (χ3v) is 2.55. The second kappa shape index (κ2) is 4.07.